The highest BCUT2D eigenvalue weighted by atomic mass is 19.1. The lowest BCUT2D eigenvalue weighted by atomic mass is 10.1. The molecule has 1 aromatic rings. The molecular formula is C13H20FNO. The summed E-state index contributed by atoms with van der Waals surface area (Å²) in [4.78, 5) is 2.16. The highest BCUT2D eigenvalue weighted by Gasteiger charge is 2.05. The Morgan fingerprint density at radius 3 is 2.62 bits per heavy atom. The molecule has 0 unspecified atom stereocenters. The second kappa shape index (κ2) is 5.85. The first-order chi connectivity index (χ1) is 7.49. The summed E-state index contributed by atoms with van der Waals surface area (Å²) in [6.07, 6.45) is 1.14. The highest BCUT2D eigenvalue weighted by molar-refractivity contribution is 5.27. The fourth-order valence-electron chi connectivity index (χ4n) is 1.52. The van der Waals surface area contributed by atoms with Crippen molar-refractivity contribution in [2.24, 2.45) is 5.92 Å². The van der Waals surface area contributed by atoms with Gasteiger partial charge in [0.1, 0.15) is 0 Å². The molecule has 0 aromatic heterocycles. The Kier molecular flexibility index (Phi) is 4.74. The molecule has 0 saturated carbocycles. The van der Waals surface area contributed by atoms with Gasteiger partial charge in [0.2, 0.25) is 0 Å². The van der Waals surface area contributed by atoms with Crippen molar-refractivity contribution < 1.29 is 9.50 Å². The lowest BCUT2D eigenvalue weighted by Crippen LogP contribution is -2.20. The van der Waals surface area contributed by atoms with Crippen molar-refractivity contribution in [3.63, 3.8) is 0 Å². The monoisotopic (exact) mass is 225 g/mol. The smallest absolute Gasteiger partial charge is 0.165 e. The maximum atomic E-state index is 13.1. The Labute approximate surface area is 96.7 Å². The minimum Gasteiger partial charge on any atom is -0.505 e. The van der Waals surface area contributed by atoms with Gasteiger partial charge in [0.15, 0.2) is 11.6 Å². The van der Waals surface area contributed by atoms with Crippen LogP contribution in [-0.4, -0.2) is 23.6 Å². The van der Waals surface area contributed by atoms with Crippen LogP contribution in [-0.2, 0) is 6.54 Å². The summed E-state index contributed by atoms with van der Waals surface area (Å²) in [7, 11) is 2.02. The van der Waals surface area contributed by atoms with Crippen LogP contribution in [0.3, 0.4) is 0 Å². The molecule has 0 aliphatic rings. The number of benzene rings is 1. The number of hydrogen-bond donors (Lipinski definition) is 1. The largest absolute Gasteiger partial charge is 0.505 e. The van der Waals surface area contributed by atoms with E-state index in [0.717, 1.165) is 18.5 Å². The minimum absolute atomic E-state index is 0.284. The van der Waals surface area contributed by atoms with E-state index in [4.69, 9.17) is 5.11 Å². The SMILES string of the molecule is CC(C)CCN(C)Cc1ccc(O)c(F)c1. The van der Waals surface area contributed by atoms with Crippen LogP contribution in [0.25, 0.3) is 0 Å². The number of phenols is 1. The predicted octanol–water partition coefficient (Wildman–Crippen LogP) is 3.01. The van der Waals surface area contributed by atoms with E-state index >= 15 is 0 Å². The molecule has 0 amide bonds. The topological polar surface area (TPSA) is 23.5 Å². The Balaban J connectivity index is 2.49. The maximum absolute atomic E-state index is 13.1. The molecule has 0 aliphatic heterocycles. The van der Waals surface area contributed by atoms with Gasteiger partial charge in [-0.2, -0.15) is 0 Å². The van der Waals surface area contributed by atoms with Crippen molar-refractivity contribution >= 4 is 0 Å². The fraction of sp³-hybridized carbons (Fsp3) is 0.538. The zero-order valence-corrected chi connectivity index (χ0v) is 10.2. The van der Waals surface area contributed by atoms with Crippen LogP contribution in [0.15, 0.2) is 18.2 Å². The molecule has 0 heterocycles. The molecular weight excluding hydrogens is 205 g/mol. The summed E-state index contributed by atoms with van der Waals surface area (Å²) < 4.78 is 13.1. The van der Waals surface area contributed by atoms with Gasteiger partial charge in [-0.1, -0.05) is 19.9 Å². The zero-order chi connectivity index (χ0) is 12.1. The summed E-state index contributed by atoms with van der Waals surface area (Å²) >= 11 is 0. The van der Waals surface area contributed by atoms with Crippen LogP contribution in [0, 0.1) is 11.7 Å². The number of hydrogen-bond acceptors (Lipinski definition) is 2. The lowest BCUT2D eigenvalue weighted by molar-refractivity contribution is 0.302. The Morgan fingerprint density at radius 1 is 1.38 bits per heavy atom. The highest BCUT2D eigenvalue weighted by Crippen LogP contribution is 2.17. The molecule has 0 spiro atoms. The van der Waals surface area contributed by atoms with Crippen molar-refractivity contribution in [2.75, 3.05) is 13.6 Å². The molecule has 2 nitrogen and oxygen atoms in total. The molecule has 0 radical (unpaired) electrons. The number of aromatic hydroxyl groups is 1. The van der Waals surface area contributed by atoms with Crippen LogP contribution in [0.2, 0.25) is 0 Å². The second-order valence-corrected chi connectivity index (χ2v) is 4.71. The number of halogens is 1. The normalized spacial score (nSPS) is 11.4. The fourth-order valence-corrected chi connectivity index (χ4v) is 1.52. The van der Waals surface area contributed by atoms with E-state index in [-0.39, 0.29) is 5.75 Å². The van der Waals surface area contributed by atoms with Crippen molar-refractivity contribution in [1.29, 1.82) is 0 Å². The van der Waals surface area contributed by atoms with Gasteiger partial charge in [-0.25, -0.2) is 4.39 Å². The average Bonchev–Trinajstić information content (AvgIpc) is 2.21. The van der Waals surface area contributed by atoms with Crippen LogP contribution in [0.4, 0.5) is 4.39 Å². The third-order valence-corrected chi connectivity index (χ3v) is 2.55. The molecule has 0 bridgehead atoms. The quantitative estimate of drug-likeness (QED) is 0.832. The van der Waals surface area contributed by atoms with Gasteiger partial charge in [0.05, 0.1) is 0 Å². The standard InChI is InChI=1S/C13H20FNO/c1-10(2)6-7-15(3)9-11-4-5-13(16)12(14)8-11/h4-5,8,10,16H,6-7,9H2,1-3H3. The third-order valence-electron chi connectivity index (χ3n) is 2.55. The van der Waals surface area contributed by atoms with Crippen LogP contribution in [0.1, 0.15) is 25.8 Å². The first kappa shape index (κ1) is 13.0. The summed E-state index contributed by atoms with van der Waals surface area (Å²) in [5.74, 6) is -0.151. The van der Waals surface area contributed by atoms with Crippen LogP contribution >= 0.6 is 0 Å². The summed E-state index contributed by atoms with van der Waals surface area (Å²) in [6, 6.07) is 4.55. The first-order valence-electron chi connectivity index (χ1n) is 5.65. The third kappa shape index (κ3) is 4.19. The minimum atomic E-state index is -0.547. The second-order valence-electron chi connectivity index (χ2n) is 4.71. The molecule has 90 valence electrons. The van der Waals surface area contributed by atoms with Gasteiger partial charge in [-0.15, -0.1) is 0 Å². The van der Waals surface area contributed by atoms with Gasteiger partial charge in [0.25, 0.3) is 0 Å². The summed E-state index contributed by atoms with van der Waals surface area (Å²) in [5.41, 5.74) is 0.890. The lowest BCUT2D eigenvalue weighted by Gasteiger charge is -2.17. The van der Waals surface area contributed by atoms with E-state index in [9.17, 15) is 4.39 Å². The van der Waals surface area contributed by atoms with Gasteiger partial charge >= 0.3 is 0 Å². The van der Waals surface area contributed by atoms with Gasteiger partial charge < -0.3 is 10.0 Å². The van der Waals surface area contributed by atoms with E-state index in [2.05, 4.69) is 18.7 Å². The molecule has 16 heavy (non-hydrogen) atoms. The number of rotatable bonds is 5. The molecule has 1 aromatic carbocycles. The molecule has 1 rings (SSSR count). The van der Waals surface area contributed by atoms with Crippen molar-refractivity contribution in [2.45, 2.75) is 26.8 Å². The van der Waals surface area contributed by atoms with E-state index in [0.29, 0.717) is 12.5 Å². The van der Waals surface area contributed by atoms with Crippen LogP contribution < -0.4 is 0 Å². The van der Waals surface area contributed by atoms with Gasteiger partial charge in [-0.3, -0.25) is 0 Å². The predicted molar refractivity (Wildman–Crippen MR) is 63.9 cm³/mol. The average molecular weight is 225 g/mol. The van der Waals surface area contributed by atoms with E-state index in [1.165, 1.54) is 12.1 Å². The molecule has 0 saturated heterocycles. The molecule has 0 fully saturated rings. The molecule has 1 N–H and O–H groups in total. The Bertz CT molecular complexity index is 339. The molecule has 0 aliphatic carbocycles. The first-order valence-corrected chi connectivity index (χ1v) is 5.65. The number of phenolic OH excluding ortho intramolecular Hbond substituents is 1. The van der Waals surface area contributed by atoms with Gasteiger partial charge in [0, 0.05) is 6.54 Å². The summed E-state index contributed by atoms with van der Waals surface area (Å²) in [6.45, 7) is 6.09. The zero-order valence-electron chi connectivity index (χ0n) is 10.2. The maximum Gasteiger partial charge on any atom is 0.165 e. The molecule has 3 heteroatoms. The van der Waals surface area contributed by atoms with E-state index in [1.807, 2.05) is 7.05 Å². The van der Waals surface area contributed by atoms with E-state index in [1.54, 1.807) is 6.07 Å². The van der Waals surface area contributed by atoms with Crippen molar-refractivity contribution in [3.8, 4) is 5.75 Å². The van der Waals surface area contributed by atoms with Gasteiger partial charge in [-0.05, 0) is 43.6 Å². The number of nitrogens with zero attached hydrogens (tertiary/aromatic N) is 1. The van der Waals surface area contributed by atoms with Crippen molar-refractivity contribution in [1.82, 2.24) is 4.90 Å². The molecule has 0 atom stereocenters. The van der Waals surface area contributed by atoms with Crippen molar-refractivity contribution in [3.05, 3.63) is 29.6 Å². The Hall–Kier alpha value is -1.09. The summed E-state index contributed by atoms with van der Waals surface area (Å²) in [5, 5.41) is 9.07. The van der Waals surface area contributed by atoms with Crippen LogP contribution in [0.5, 0.6) is 5.75 Å². The van der Waals surface area contributed by atoms with E-state index < -0.39 is 5.82 Å². The Morgan fingerprint density at radius 2 is 2.06 bits per heavy atom.